The number of benzene rings is 1. The summed E-state index contributed by atoms with van der Waals surface area (Å²) >= 11 is 1.46. The van der Waals surface area contributed by atoms with Crippen LogP contribution in [0.4, 0.5) is 0 Å². The highest BCUT2D eigenvalue weighted by Crippen LogP contribution is 2.32. The fourth-order valence-electron chi connectivity index (χ4n) is 1.96. The van der Waals surface area contributed by atoms with Gasteiger partial charge in [0, 0.05) is 6.42 Å². The van der Waals surface area contributed by atoms with Crippen molar-refractivity contribution >= 4 is 17.5 Å². The lowest BCUT2D eigenvalue weighted by molar-refractivity contribution is -0.114. The Morgan fingerprint density at radius 2 is 2.11 bits per heavy atom. The number of rotatable bonds is 3. The highest BCUT2D eigenvalue weighted by molar-refractivity contribution is 8.03. The molecule has 3 rings (SSSR count). The highest BCUT2D eigenvalue weighted by Gasteiger charge is 2.17. The number of ketones is 1. The molecule has 0 fully saturated rings. The first kappa shape index (κ1) is 12.1. The van der Waals surface area contributed by atoms with Gasteiger partial charge >= 0.3 is 0 Å². The Balaban J connectivity index is 1.93. The van der Waals surface area contributed by atoms with Crippen molar-refractivity contribution in [1.29, 1.82) is 0 Å². The second-order valence-electron chi connectivity index (χ2n) is 4.34. The van der Waals surface area contributed by atoms with Crippen LogP contribution < -0.4 is 0 Å². The van der Waals surface area contributed by atoms with Crippen molar-refractivity contribution in [1.82, 2.24) is 20.2 Å². The van der Waals surface area contributed by atoms with E-state index in [-0.39, 0.29) is 5.78 Å². The zero-order valence-electron chi connectivity index (χ0n) is 10.4. The van der Waals surface area contributed by atoms with Gasteiger partial charge in [-0.1, -0.05) is 30.0 Å². The molecule has 0 aliphatic heterocycles. The number of carbonyl (C=O) groups is 1. The van der Waals surface area contributed by atoms with Crippen LogP contribution in [0.25, 0.3) is 5.69 Å². The molecule has 0 saturated heterocycles. The van der Waals surface area contributed by atoms with E-state index < -0.39 is 0 Å². The summed E-state index contributed by atoms with van der Waals surface area (Å²) in [5, 5.41) is 12.5. The summed E-state index contributed by atoms with van der Waals surface area (Å²) in [7, 11) is 0. The zero-order chi connectivity index (χ0) is 13.2. The molecule has 1 aromatic heterocycles. The Morgan fingerprint density at radius 1 is 1.26 bits per heavy atom. The first-order valence-electron chi connectivity index (χ1n) is 6.00. The van der Waals surface area contributed by atoms with E-state index in [0.29, 0.717) is 11.6 Å². The molecule has 0 N–H and O–H groups in total. The lowest BCUT2D eigenvalue weighted by Crippen LogP contribution is -2.01. The maximum atomic E-state index is 11.2. The number of hydrogen-bond acceptors (Lipinski definition) is 5. The standard InChI is InChI=1S/C13H12N4OS/c1-9-4-2-3-5-12(9)17-13(14-15-16-17)19-11-7-6-10(18)8-11/h2-5,8H,6-7H2,1H3. The Morgan fingerprint density at radius 3 is 2.84 bits per heavy atom. The molecule has 0 amide bonds. The van der Waals surface area contributed by atoms with Crippen LogP contribution in [0.1, 0.15) is 18.4 Å². The number of para-hydroxylation sites is 1. The molecule has 1 aliphatic rings. The summed E-state index contributed by atoms with van der Waals surface area (Å²) in [6.07, 6.45) is 3.06. The van der Waals surface area contributed by atoms with Crippen molar-refractivity contribution in [3.8, 4) is 5.69 Å². The zero-order valence-corrected chi connectivity index (χ0v) is 11.2. The van der Waals surface area contributed by atoms with Gasteiger partial charge in [-0.25, -0.2) is 0 Å². The molecule has 2 aromatic rings. The minimum atomic E-state index is 0.178. The second kappa shape index (κ2) is 4.97. The minimum Gasteiger partial charge on any atom is -0.295 e. The molecular weight excluding hydrogens is 260 g/mol. The summed E-state index contributed by atoms with van der Waals surface area (Å²) in [4.78, 5) is 12.3. The van der Waals surface area contributed by atoms with Crippen molar-refractivity contribution in [2.45, 2.75) is 24.9 Å². The first-order chi connectivity index (χ1) is 9.24. The molecule has 0 radical (unpaired) electrons. The molecule has 0 atom stereocenters. The van der Waals surface area contributed by atoms with E-state index in [4.69, 9.17) is 0 Å². The van der Waals surface area contributed by atoms with Gasteiger partial charge in [-0.2, -0.15) is 4.68 Å². The molecule has 6 heteroatoms. The molecule has 0 unspecified atom stereocenters. The van der Waals surface area contributed by atoms with Gasteiger partial charge in [0.15, 0.2) is 5.78 Å². The highest BCUT2D eigenvalue weighted by atomic mass is 32.2. The number of carbonyl (C=O) groups excluding carboxylic acids is 1. The fourth-order valence-corrected chi connectivity index (χ4v) is 2.89. The summed E-state index contributed by atoms with van der Waals surface area (Å²) in [6.45, 7) is 2.02. The molecule has 1 heterocycles. The van der Waals surface area contributed by atoms with Gasteiger partial charge in [-0.15, -0.1) is 5.10 Å². The van der Waals surface area contributed by atoms with E-state index in [9.17, 15) is 4.79 Å². The molecule has 1 aliphatic carbocycles. The predicted octanol–water partition coefficient (Wildman–Crippen LogP) is 2.31. The Bertz CT molecular complexity index is 662. The van der Waals surface area contributed by atoms with E-state index in [1.54, 1.807) is 10.8 Å². The third kappa shape index (κ3) is 2.44. The average molecular weight is 272 g/mol. The van der Waals surface area contributed by atoms with Gasteiger partial charge in [0.1, 0.15) is 0 Å². The lowest BCUT2D eigenvalue weighted by Gasteiger charge is -2.06. The predicted molar refractivity (Wildman–Crippen MR) is 72.1 cm³/mol. The van der Waals surface area contributed by atoms with E-state index in [0.717, 1.165) is 22.6 Å². The Labute approximate surface area is 114 Å². The molecule has 96 valence electrons. The molecule has 0 bridgehead atoms. The van der Waals surface area contributed by atoms with E-state index in [2.05, 4.69) is 15.5 Å². The quantitative estimate of drug-likeness (QED) is 0.858. The van der Waals surface area contributed by atoms with Crippen molar-refractivity contribution < 1.29 is 4.79 Å². The smallest absolute Gasteiger partial charge is 0.218 e. The van der Waals surface area contributed by atoms with Crippen LogP contribution in [-0.4, -0.2) is 26.0 Å². The van der Waals surface area contributed by atoms with Crippen molar-refractivity contribution in [2.75, 3.05) is 0 Å². The van der Waals surface area contributed by atoms with Crippen molar-refractivity contribution in [3.05, 3.63) is 40.8 Å². The van der Waals surface area contributed by atoms with Gasteiger partial charge < -0.3 is 0 Å². The third-order valence-corrected chi connectivity index (χ3v) is 3.97. The van der Waals surface area contributed by atoms with Crippen molar-refractivity contribution in [2.24, 2.45) is 0 Å². The number of tetrazole rings is 1. The molecular formula is C13H12N4OS. The Kier molecular flexibility index (Phi) is 3.16. The fraction of sp³-hybridized carbons (Fsp3) is 0.231. The molecule has 1 aromatic carbocycles. The summed E-state index contributed by atoms with van der Waals surface area (Å²) in [5.41, 5.74) is 2.06. The van der Waals surface area contributed by atoms with Crippen LogP contribution in [0.2, 0.25) is 0 Å². The van der Waals surface area contributed by atoms with Crippen LogP contribution in [0, 0.1) is 6.92 Å². The number of nitrogens with zero attached hydrogens (tertiary/aromatic N) is 4. The number of allylic oxidation sites excluding steroid dienone is 2. The summed E-state index contributed by atoms with van der Waals surface area (Å²) in [5.74, 6) is 0.178. The van der Waals surface area contributed by atoms with Gasteiger partial charge in [0.25, 0.3) is 0 Å². The Hall–Kier alpha value is -1.95. The number of hydrogen-bond donors (Lipinski definition) is 0. The maximum Gasteiger partial charge on any atom is 0.218 e. The minimum absolute atomic E-state index is 0.178. The normalized spacial score (nSPS) is 14.8. The van der Waals surface area contributed by atoms with Crippen LogP contribution >= 0.6 is 11.8 Å². The maximum absolute atomic E-state index is 11.2. The van der Waals surface area contributed by atoms with Crippen LogP contribution in [-0.2, 0) is 4.79 Å². The van der Waals surface area contributed by atoms with E-state index >= 15 is 0 Å². The van der Waals surface area contributed by atoms with E-state index in [1.165, 1.54) is 11.8 Å². The molecule has 5 nitrogen and oxygen atoms in total. The van der Waals surface area contributed by atoms with Gasteiger partial charge in [-0.05, 0) is 46.4 Å². The van der Waals surface area contributed by atoms with Gasteiger partial charge in [0.05, 0.1) is 5.69 Å². The van der Waals surface area contributed by atoms with Gasteiger partial charge in [-0.3, -0.25) is 4.79 Å². The third-order valence-electron chi connectivity index (χ3n) is 2.95. The average Bonchev–Trinajstić information content (AvgIpc) is 3.00. The topological polar surface area (TPSA) is 60.7 Å². The van der Waals surface area contributed by atoms with E-state index in [1.807, 2.05) is 31.2 Å². The number of aromatic nitrogens is 4. The SMILES string of the molecule is Cc1ccccc1-n1nnnc1SC1=CC(=O)CC1. The van der Waals surface area contributed by atoms with Crippen LogP contribution in [0.5, 0.6) is 0 Å². The molecule has 19 heavy (non-hydrogen) atoms. The van der Waals surface area contributed by atoms with Crippen LogP contribution in [0.3, 0.4) is 0 Å². The number of aryl methyl sites for hydroxylation is 1. The summed E-state index contributed by atoms with van der Waals surface area (Å²) < 4.78 is 1.71. The van der Waals surface area contributed by atoms with Gasteiger partial charge in [0.2, 0.25) is 5.16 Å². The van der Waals surface area contributed by atoms with Crippen molar-refractivity contribution in [3.63, 3.8) is 0 Å². The van der Waals surface area contributed by atoms with Crippen LogP contribution in [0.15, 0.2) is 40.4 Å². The summed E-state index contributed by atoms with van der Waals surface area (Å²) in [6, 6.07) is 7.93. The largest absolute Gasteiger partial charge is 0.295 e. The molecule has 0 saturated carbocycles. The first-order valence-corrected chi connectivity index (χ1v) is 6.81. The lowest BCUT2D eigenvalue weighted by atomic mass is 10.2. The molecule has 0 spiro atoms. The number of thioether (sulfide) groups is 1. The second-order valence-corrected chi connectivity index (χ2v) is 5.43. The monoisotopic (exact) mass is 272 g/mol.